The van der Waals surface area contributed by atoms with E-state index in [1.165, 1.54) is 0 Å². The fraction of sp³-hybridized carbons (Fsp3) is 1.00. The molecule has 0 atom stereocenters. The third kappa shape index (κ3) is 16.8. The van der Waals surface area contributed by atoms with Gasteiger partial charge in [-0.3, -0.25) is 0 Å². The molecule has 0 aliphatic heterocycles. The first-order valence-electron chi connectivity index (χ1n) is 0.535. The zero-order valence-electron chi connectivity index (χ0n) is 1.46. The van der Waals surface area contributed by atoms with Gasteiger partial charge in [-0.25, -0.2) is 4.39 Å². The van der Waals surface area contributed by atoms with Gasteiger partial charge in [0.15, 0.2) is 0 Å². The molecule has 0 N–H and O–H groups in total. The van der Waals surface area contributed by atoms with Gasteiger partial charge >= 0.3 is 0 Å². The number of hydrogen-bond donors (Lipinski definition) is 0. The van der Waals surface area contributed by atoms with Crippen LogP contribution in [-0.2, 0) is 0 Å². The van der Waals surface area contributed by atoms with Crippen LogP contribution in [0.15, 0.2) is 0 Å². The van der Waals surface area contributed by atoms with Gasteiger partial charge in [-0.15, -0.1) is 0 Å². The molecule has 0 rings (SSSR count). The molecule has 0 unspecified atom stereocenters. The molecule has 0 aliphatic rings. The van der Waals surface area contributed by atoms with E-state index in [4.69, 9.17) is 0 Å². The molecule has 0 spiro atoms. The summed E-state index contributed by atoms with van der Waals surface area (Å²) in [5.41, 5.74) is 0. The highest BCUT2D eigenvalue weighted by molar-refractivity contribution is 14.1. The second-order valence-corrected chi connectivity index (χ2v) is 0.678. The molecule has 4 heavy (non-hydrogen) atoms. The number of alkyl halides is 2. The number of halogens is 2. The van der Waals surface area contributed by atoms with E-state index in [1.807, 2.05) is 0 Å². The number of hydrogen-bond acceptors (Lipinski definition) is 0. The highest BCUT2D eigenvalue weighted by atomic mass is 127. The van der Waals surface area contributed by atoms with Gasteiger partial charge in [-0.05, 0) is 22.6 Å². The lowest BCUT2D eigenvalue weighted by Crippen LogP contribution is -1.26. The van der Waals surface area contributed by atoms with Crippen molar-refractivity contribution in [2.75, 3.05) is 4.68 Å². The van der Waals surface area contributed by atoms with Gasteiger partial charge in [-0.1, -0.05) is 7.43 Å². The Kier molecular flexibility index (Phi) is 20.7. The van der Waals surface area contributed by atoms with Gasteiger partial charge in [0.2, 0.25) is 0 Å². The van der Waals surface area contributed by atoms with Crippen LogP contribution in [0, 0.1) is 0 Å². The normalized spacial score (nSPS) is 4.50. The summed E-state index contributed by atoms with van der Waals surface area (Å²) in [4.78, 5) is 0. The minimum Gasteiger partial charge on any atom is -0.240 e. The molecule has 0 nitrogen and oxygen atoms in total. The maximum absolute atomic E-state index is 10.3. The summed E-state index contributed by atoms with van der Waals surface area (Å²) in [5, 5.41) is 0. The minimum atomic E-state index is -0.280. The van der Waals surface area contributed by atoms with Crippen LogP contribution in [0.25, 0.3) is 0 Å². The zero-order valence-corrected chi connectivity index (χ0v) is 3.62. The van der Waals surface area contributed by atoms with E-state index >= 15 is 0 Å². The van der Waals surface area contributed by atoms with E-state index in [-0.39, 0.29) is 12.1 Å². The maximum atomic E-state index is 10.3. The summed E-state index contributed by atoms with van der Waals surface area (Å²) in [6.45, 7) is 0. The molecular weight excluding hydrogens is 170 g/mol. The summed E-state index contributed by atoms with van der Waals surface area (Å²) in [5.74, 6) is 0. The highest BCUT2D eigenvalue weighted by Gasteiger charge is 1.42. The Morgan fingerprint density at radius 3 is 1.75 bits per heavy atom. The third-order valence-electron chi connectivity index (χ3n) is 0. The van der Waals surface area contributed by atoms with Crippen molar-refractivity contribution in [2.45, 2.75) is 7.43 Å². The first-order valence-corrected chi connectivity index (χ1v) is 2.06. The van der Waals surface area contributed by atoms with E-state index in [9.17, 15) is 4.39 Å². The van der Waals surface area contributed by atoms with Gasteiger partial charge in [0.1, 0.15) is 4.68 Å². The van der Waals surface area contributed by atoms with Crippen LogP contribution in [0.5, 0.6) is 0 Å². The Balaban J connectivity index is 0. The predicted molar refractivity (Wildman–Crippen MR) is 26.7 cm³/mol. The molecule has 0 saturated carbocycles. The molecule has 0 aromatic rings. The smallest absolute Gasteiger partial charge is 0.140 e. The zero-order chi connectivity index (χ0) is 2.71. The van der Waals surface area contributed by atoms with Crippen LogP contribution in [0.3, 0.4) is 0 Å². The first-order chi connectivity index (χ1) is 1.41. The Morgan fingerprint density at radius 1 is 1.75 bits per heavy atom. The lowest BCUT2D eigenvalue weighted by molar-refractivity contribution is 0.622. The molecule has 0 aromatic heterocycles. The van der Waals surface area contributed by atoms with Gasteiger partial charge in [-0.2, -0.15) is 0 Å². The van der Waals surface area contributed by atoms with Crippen molar-refractivity contribution in [1.82, 2.24) is 0 Å². The topological polar surface area (TPSA) is 0 Å². The van der Waals surface area contributed by atoms with Crippen molar-refractivity contribution in [3.05, 3.63) is 0 Å². The van der Waals surface area contributed by atoms with Gasteiger partial charge in [0.05, 0.1) is 0 Å². The van der Waals surface area contributed by atoms with Crippen LogP contribution in [0.2, 0.25) is 0 Å². The van der Waals surface area contributed by atoms with Crippen LogP contribution >= 0.6 is 22.6 Å². The predicted octanol–water partition coefficient (Wildman–Crippen LogP) is 1.98. The maximum Gasteiger partial charge on any atom is 0.140 e. The van der Waals surface area contributed by atoms with E-state index < -0.39 is 0 Å². The molecule has 0 amide bonds. The van der Waals surface area contributed by atoms with E-state index in [0.717, 1.165) is 0 Å². The van der Waals surface area contributed by atoms with E-state index in [0.29, 0.717) is 0 Å². The Morgan fingerprint density at radius 2 is 1.75 bits per heavy atom. The van der Waals surface area contributed by atoms with Crippen molar-refractivity contribution in [2.24, 2.45) is 0 Å². The van der Waals surface area contributed by atoms with Crippen molar-refractivity contribution in [1.29, 1.82) is 0 Å². The molecular formula is C2H6FI. The second kappa shape index (κ2) is 9.40. The number of rotatable bonds is 0. The lowest BCUT2D eigenvalue weighted by Gasteiger charge is -1.43. The average Bonchev–Trinajstić information content (AvgIpc) is 0.918. The van der Waals surface area contributed by atoms with Gasteiger partial charge < -0.3 is 0 Å². The SMILES string of the molecule is C.FCI. The van der Waals surface area contributed by atoms with E-state index in [1.54, 1.807) is 22.6 Å². The lowest BCUT2D eigenvalue weighted by atomic mass is 11.9. The first kappa shape index (κ1) is 8.82. The fourth-order valence-corrected chi connectivity index (χ4v) is 0. The van der Waals surface area contributed by atoms with Gasteiger partial charge in [0.25, 0.3) is 0 Å². The van der Waals surface area contributed by atoms with Gasteiger partial charge in [0, 0.05) is 0 Å². The van der Waals surface area contributed by atoms with Crippen molar-refractivity contribution < 1.29 is 4.39 Å². The Hall–Kier alpha value is 0.660. The minimum absolute atomic E-state index is 0. The summed E-state index contributed by atoms with van der Waals surface area (Å²) in [6.07, 6.45) is 0. The van der Waals surface area contributed by atoms with Crippen LogP contribution < -0.4 is 0 Å². The van der Waals surface area contributed by atoms with E-state index in [2.05, 4.69) is 0 Å². The standard InChI is InChI=1S/CH2FI.CH4/c2-1-3;/h1H2;1H4. The quantitative estimate of drug-likeness (QED) is 0.391. The molecule has 2 heteroatoms. The fourth-order valence-electron chi connectivity index (χ4n) is 0. The average molecular weight is 176 g/mol. The van der Waals surface area contributed by atoms with Crippen molar-refractivity contribution >= 4 is 22.6 Å². The molecule has 0 fully saturated rings. The highest BCUT2D eigenvalue weighted by Crippen LogP contribution is 1.74. The molecule has 0 aromatic carbocycles. The van der Waals surface area contributed by atoms with Crippen LogP contribution in [-0.4, -0.2) is 4.68 Å². The molecule has 28 valence electrons. The molecule has 0 aliphatic carbocycles. The molecule has 0 heterocycles. The third-order valence-corrected chi connectivity index (χ3v) is 0. The van der Waals surface area contributed by atoms with Crippen LogP contribution in [0.4, 0.5) is 4.39 Å². The Labute approximate surface area is 39.5 Å². The summed E-state index contributed by atoms with van der Waals surface area (Å²) < 4.78 is 10.00. The molecule has 0 radical (unpaired) electrons. The molecule has 0 saturated heterocycles. The largest absolute Gasteiger partial charge is 0.240 e. The molecule has 0 bridgehead atoms. The summed E-state index contributed by atoms with van der Waals surface area (Å²) in [6, 6.07) is 0. The summed E-state index contributed by atoms with van der Waals surface area (Å²) >= 11 is 1.62. The summed E-state index contributed by atoms with van der Waals surface area (Å²) in [7, 11) is 0. The van der Waals surface area contributed by atoms with Crippen molar-refractivity contribution in [3.8, 4) is 0 Å². The Bertz CT molecular complexity index is 6.00. The van der Waals surface area contributed by atoms with Crippen LogP contribution in [0.1, 0.15) is 7.43 Å². The monoisotopic (exact) mass is 176 g/mol. The second-order valence-electron chi connectivity index (χ2n) is 0.101. The van der Waals surface area contributed by atoms with Crippen molar-refractivity contribution in [3.63, 3.8) is 0 Å².